The van der Waals surface area contributed by atoms with Crippen LogP contribution in [0.5, 0.6) is 40.2 Å². The summed E-state index contributed by atoms with van der Waals surface area (Å²) in [5.41, 5.74) is 3.89. The summed E-state index contributed by atoms with van der Waals surface area (Å²) in [4.78, 5) is 9.79. The first kappa shape index (κ1) is 38.7. The highest BCUT2D eigenvalue weighted by Crippen LogP contribution is 2.42. The fourth-order valence-electron chi connectivity index (χ4n) is 6.36. The Bertz CT molecular complexity index is 2390. The van der Waals surface area contributed by atoms with Gasteiger partial charge in [-0.05, 0) is 59.7 Å². The van der Waals surface area contributed by atoms with Crippen LogP contribution in [0.25, 0.3) is 21.8 Å². The zero-order valence-corrected chi connectivity index (χ0v) is 32.0. The minimum Gasteiger partial charge on any atom is -0.497 e. The van der Waals surface area contributed by atoms with Crippen molar-refractivity contribution >= 4 is 45.9 Å². The molecule has 0 aliphatic heterocycles. The minimum atomic E-state index is -0.710. The summed E-state index contributed by atoms with van der Waals surface area (Å²) in [6.45, 7) is 0. The number of hydrogen-bond acceptors (Lipinski definition) is 11. The van der Waals surface area contributed by atoms with E-state index in [-0.39, 0.29) is 5.48 Å². The third-order valence-electron chi connectivity index (χ3n) is 9.10. The number of rotatable bonds is 14. The largest absolute Gasteiger partial charge is 0.497 e. The van der Waals surface area contributed by atoms with E-state index in [2.05, 4.69) is 0 Å². The Balaban J connectivity index is 0.00000532. The Morgan fingerprint density at radius 1 is 0.482 bits per heavy atom. The number of aliphatic imine (C=N–C) groups is 2. The number of nitrogens with zero attached hydrogens (tertiary/aromatic N) is 6. The minimum absolute atomic E-state index is 0. The molecular formula is C42H42N6O8. The number of hydrogen-bond donors (Lipinski definition) is 0. The first-order valence-corrected chi connectivity index (χ1v) is 17.2. The average molecular weight is 759 g/mol. The lowest BCUT2D eigenvalue weighted by molar-refractivity contribution is 0.355. The van der Waals surface area contributed by atoms with Gasteiger partial charge in [0.05, 0.1) is 71.6 Å². The Kier molecular flexibility index (Phi) is 11.7. The average Bonchev–Trinajstić information content (AvgIpc) is 3.77. The van der Waals surface area contributed by atoms with E-state index in [9.17, 15) is 0 Å². The standard InChI is InChI=1S/C42H40N6O7.H2O/c1-49-29-14-8-11-26(17-29)24-43-40-32-20-36(52-4)38(54-6)22-34(32)47(45-40)42(28-13-10-16-31(19-28)51-3)48-35-23-39(55-7)37(53-5)21-33(35)41(46-48)44-25-27-12-9-15-30(18-27)50-2;/h8-25,42H,1-7H3;1H2. The van der Waals surface area contributed by atoms with E-state index in [0.29, 0.717) is 62.9 Å². The van der Waals surface area contributed by atoms with Crippen molar-refractivity contribution in [2.24, 2.45) is 9.98 Å². The summed E-state index contributed by atoms with van der Waals surface area (Å²) in [5.74, 6) is 5.06. The van der Waals surface area contributed by atoms with Gasteiger partial charge in [0, 0.05) is 30.1 Å². The molecule has 0 amide bonds. The Morgan fingerprint density at radius 3 is 1.29 bits per heavy atom. The first-order chi connectivity index (χ1) is 26.9. The second-order valence-electron chi connectivity index (χ2n) is 12.2. The number of fused-ring (bicyclic) bond motifs is 2. The summed E-state index contributed by atoms with van der Waals surface area (Å²) < 4.78 is 43.4. The van der Waals surface area contributed by atoms with Gasteiger partial charge in [-0.2, -0.15) is 0 Å². The van der Waals surface area contributed by atoms with Crippen LogP contribution in [0.15, 0.2) is 107 Å². The summed E-state index contributed by atoms with van der Waals surface area (Å²) >= 11 is 0. The van der Waals surface area contributed by atoms with Gasteiger partial charge in [0.2, 0.25) is 0 Å². The molecule has 0 aliphatic carbocycles. The van der Waals surface area contributed by atoms with Crippen molar-refractivity contribution in [3.05, 3.63) is 114 Å². The third-order valence-corrected chi connectivity index (χ3v) is 9.10. The van der Waals surface area contributed by atoms with Crippen LogP contribution in [0.1, 0.15) is 22.9 Å². The first-order valence-electron chi connectivity index (χ1n) is 17.2. The molecule has 0 fully saturated rings. The smallest absolute Gasteiger partial charge is 0.182 e. The summed E-state index contributed by atoms with van der Waals surface area (Å²) in [6.07, 6.45) is 2.79. The SMILES string of the molecule is COc1cccc(C=Nc2nn(C(c3cccc(OC)c3)n3nc(N=Cc4cccc(OC)c4)c4cc(OC)c(OC)cc43)c3cc(OC)c(OC)cc23)c1.O. The molecule has 0 radical (unpaired) electrons. The number of ether oxygens (including phenoxy) is 7. The van der Waals surface area contributed by atoms with Gasteiger partial charge in [-0.25, -0.2) is 19.3 Å². The van der Waals surface area contributed by atoms with E-state index in [1.54, 1.807) is 62.2 Å². The van der Waals surface area contributed by atoms with Crippen molar-refractivity contribution in [2.75, 3.05) is 49.8 Å². The topological polar surface area (TPSA) is 156 Å². The van der Waals surface area contributed by atoms with Gasteiger partial charge in [0.25, 0.3) is 0 Å². The molecule has 0 atom stereocenters. The van der Waals surface area contributed by atoms with Crippen LogP contribution in [-0.4, -0.2) is 87.2 Å². The van der Waals surface area contributed by atoms with Crippen LogP contribution in [0.4, 0.5) is 11.6 Å². The normalized spacial score (nSPS) is 11.8. The maximum atomic E-state index is 5.79. The van der Waals surface area contributed by atoms with Crippen molar-refractivity contribution in [3.8, 4) is 40.2 Å². The molecule has 0 saturated heterocycles. The van der Waals surface area contributed by atoms with Gasteiger partial charge in [-0.3, -0.25) is 0 Å². The molecule has 7 rings (SSSR count). The van der Waals surface area contributed by atoms with Crippen LogP contribution in [0.2, 0.25) is 0 Å². The van der Waals surface area contributed by atoms with E-state index < -0.39 is 6.17 Å². The fourth-order valence-corrected chi connectivity index (χ4v) is 6.36. The molecule has 2 heterocycles. The van der Waals surface area contributed by atoms with E-state index in [0.717, 1.165) is 27.5 Å². The third kappa shape index (κ3) is 7.50. The predicted molar refractivity (Wildman–Crippen MR) is 216 cm³/mol. The molecular weight excluding hydrogens is 716 g/mol. The lowest BCUT2D eigenvalue weighted by Gasteiger charge is -2.22. The predicted octanol–water partition coefficient (Wildman–Crippen LogP) is 7.22. The van der Waals surface area contributed by atoms with E-state index >= 15 is 0 Å². The molecule has 2 aromatic heterocycles. The molecule has 0 saturated carbocycles. The van der Waals surface area contributed by atoms with Crippen molar-refractivity contribution in [2.45, 2.75) is 6.17 Å². The van der Waals surface area contributed by atoms with Crippen molar-refractivity contribution in [3.63, 3.8) is 0 Å². The van der Waals surface area contributed by atoms with E-state index in [4.69, 9.17) is 53.3 Å². The molecule has 2 N–H and O–H groups in total. The number of methoxy groups -OCH3 is 7. The second-order valence-corrected chi connectivity index (χ2v) is 12.2. The van der Waals surface area contributed by atoms with Gasteiger partial charge >= 0.3 is 0 Å². The lowest BCUT2D eigenvalue weighted by atomic mass is 10.1. The molecule has 7 aromatic rings. The van der Waals surface area contributed by atoms with Gasteiger partial charge in [-0.1, -0.05) is 36.4 Å². The van der Waals surface area contributed by atoms with Crippen molar-refractivity contribution in [1.82, 2.24) is 19.6 Å². The summed E-state index contributed by atoms with van der Waals surface area (Å²) in [5, 5.41) is 11.8. The lowest BCUT2D eigenvalue weighted by Crippen LogP contribution is -2.22. The van der Waals surface area contributed by atoms with Crippen LogP contribution in [0.3, 0.4) is 0 Å². The van der Waals surface area contributed by atoms with Crippen molar-refractivity contribution < 1.29 is 38.6 Å². The van der Waals surface area contributed by atoms with Crippen molar-refractivity contribution in [1.29, 1.82) is 0 Å². The molecule has 14 heteroatoms. The summed E-state index contributed by atoms with van der Waals surface area (Å²) in [6, 6.07) is 30.5. The monoisotopic (exact) mass is 758 g/mol. The molecule has 56 heavy (non-hydrogen) atoms. The van der Waals surface area contributed by atoms with Gasteiger partial charge < -0.3 is 38.6 Å². The maximum Gasteiger partial charge on any atom is 0.182 e. The molecule has 0 bridgehead atoms. The fraction of sp³-hybridized carbons (Fsp3) is 0.190. The number of aromatic nitrogens is 4. The van der Waals surface area contributed by atoms with Crippen LogP contribution in [-0.2, 0) is 0 Å². The Morgan fingerprint density at radius 2 is 0.875 bits per heavy atom. The Hall–Kier alpha value is -7.06. The van der Waals surface area contributed by atoms with E-state index in [1.807, 2.05) is 106 Å². The zero-order chi connectivity index (χ0) is 38.5. The number of benzene rings is 5. The highest BCUT2D eigenvalue weighted by molar-refractivity contribution is 5.96. The molecule has 0 spiro atoms. The highest BCUT2D eigenvalue weighted by atomic mass is 16.5. The summed E-state index contributed by atoms with van der Waals surface area (Å²) in [7, 11) is 11.3. The molecule has 0 aliphatic rings. The van der Waals surface area contributed by atoms with Crippen LogP contribution in [0, 0.1) is 0 Å². The highest BCUT2D eigenvalue weighted by Gasteiger charge is 2.28. The molecule has 0 unspecified atom stereocenters. The quantitative estimate of drug-likeness (QED) is 0.105. The van der Waals surface area contributed by atoms with Gasteiger partial charge in [0.1, 0.15) is 17.2 Å². The van der Waals surface area contributed by atoms with Gasteiger partial charge in [-0.15, -0.1) is 10.2 Å². The zero-order valence-electron chi connectivity index (χ0n) is 32.0. The molecule has 5 aromatic carbocycles. The maximum absolute atomic E-state index is 5.79. The van der Waals surface area contributed by atoms with Gasteiger partial charge in [0.15, 0.2) is 40.8 Å². The van der Waals surface area contributed by atoms with E-state index in [1.165, 1.54) is 0 Å². The van der Waals surface area contributed by atoms with Crippen LogP contribution < -0.4 is 33.2 Å². The molecule has 14 nitrogen and oxygen atoms in total. The molecule has 288 valence electrons. The Labute approximate surface area is 323 Å². The van der Waals surface area contributed by atoms with Crippen LogP contribution >= 0.6 is 0 Å². The second kappa shape index (κ2) is 17.0.